The molecule has 1 fully saturated rings. The van der Waals surface area contributed by atoms with Gasteiger partial charge in [0, 0.05) is 10.6 Å². The van der Waals surface area contributed by atoms with Crippen molar-refractivity contribution in [3.05, 3.63) is 82.4 Å². The first-order chi connectivity index (χ1) is 20.4. The summed E-state index contributed by atoms with van der Waals surface area (Å²) in [4.78, 5) is 33.3. The van der Waals surface area contributed by atoms with Gasteiger partial charge in [0.1, 0.15) is 11.5 Å². The van der Waals surface area contributed by atoms with Crippen LogP contribution in [0.25, 0.3) is 16.0 Å². The van der Waals surface area contributed by atoms with Crippen molar-refractivity contribution in [3.63, 3.8) is 0 Å². The van der Waals surface area contributed by atoms with Crippen LogP contribution >= 0.6 is 22.9 Å². The van der Waals surface area contributed by atoms with Gasteiger partial charge in [-0.3, -0.25) is 14.5 Å². The maximum absolute atomic E-state index is 13.7. The van der Waals surface area contributed by atoms with Gasteiger partial charge >= 0.3 is 5.91 Å². The minimum absolute atomic E-state index is 0.0572. The summed E-state index contributed by atoms with van der Waals surface area (Å²) in [5.74, 6) is -0.217. The van der Waals surface area contributed by atoms with Crippen molar-refractivity contribution in [2.45, 2.75) is 39.2 Å². The highest BCUT2D eigenvalue weighted by Gasteiger charge is 2.48. The van der Waals surface area contributed by atoms with Crippen LogP contribution < -0.4 is 19.1 Å². The van der Waals surface area contributed by atoms with E-state index in [9.17, 15) is 14.7 Å². The van der Waals surface area contributed by atoms with Gasteiger partial charge in [-0.05, 0) is 73.5 Å². The zero-order valence-electron chi connectivity index (χ0n) is 23.6. The number of anilines is 1. The molecular weight excluding hydrogens is 576 g/mol. The minimum Gasteiger partial charge on any atom is -0.507 e. The Hall–Kier alpha value is -4.08. The predicted octanol–water partition coefficient (Wildman–Crippen LogP) is 7.55. The fourth-order valence-corrected chi connectivity index (χ4v) is 5.99. The molecule has 1 atom stereocenters. The molecule has 1 amide bonds. The minimum atomic E-state index is -0.975. The average Bonchev–Trinajstić information content (AvgIpc) is 3.53. The van der Waals surface area contributed by atoms with E-state index in [0.29, 0.717) is 57.3 Å². The van der Waals surface area contributed by atoms with Gasteiger partial charge in [0.2, 0.25) is 0 Å². The van der Waals surface area contributed by atoms with E-state index < -0.39 is 17.7 Å². The molecule has 1 unspecified atom stereocenters. The summed E-state index contributed by atoms with van der Waals surface area (Å²) in [5.41, 5.74) is 1.52. The third-order valence-corrected chi connectivity index (χ3v) is 8.21. The first-order valence-corrected chi connectivity index (χ1v) is 15.0. The zero-order chi connectivity index (χ0) is 29.8. The van der Waals surface area contributed by atoms with Gasteiger partial charge in [0.05, 0.1) is 42.2 Å². The van der Waals surface area contributed by atoms with Crippen molar-refractivity contribution in [1.82, 2.24) is 4.98 Å². The summed E-state index contributed by atoms with van der Waals surface area (Å²) in [6.45, 7) is 4.93. The van der Waals surface area contributed by atoms with Crippen LogP contribution in [0.1, 0.15) is 50.3 Å². The maximum Gasteiger partial charge on any atom is 0.301 e. The van der Waals surface area contributed by atoms with E-state index in [0.717, 1.165) is 24.0 Å². The second kappa shape index (κ2) is 12.8. The molecule has 10 heteroatoms. The van der Waals surface area contributed by atoms with Gasteiger partial charge in [-0.2, -0.15) is 0 Å². The van der Waals surface area contributed by atoms with E-state index in [-0.39, 0.29) is 11.3 Å². The van der Waals surface area contributed by atoms with Gasteiger partial charge in [-0.15, -0.1) is 0 Å². The summed E-state index contributed by atoms with van der Waals surface area (Å²) in [6, 6.07) is 16.2. The number of aromatic nitrogens is 1. The SMILES string of the molecule is CCCCCOc1ccc(C2C(=C(O)c3ccc(Cl)cc3)C(=O)C(=O)N2c2nc3ccc(OC)cc3s2)cc1OCC. The number of Topliss-reactive ketones (excluding diaryl/α,β-unsaturated/α-hetero) is 1. The number of aliphatic hydroxyl groups excluding tert-OH is 1. The molecule has 42 heavy (non-hydrogen) atoms. The summed E-state index contributed by atoms with van der Waals surface area (Å²) in [5, 5.41) is 12.2. The molecule has 1 saturated heterocycles. The van der Waals surface area contributed by atoms with Crippen molar-refractivity contribution < 1.29 is 28.9 Å². The lowest BCUT2D eigenvalue weighted by atomic mass is 9.95. The van der Waals surface area contributed by atoms with Crippen molar-refractivity contribution in [2.75, 3.05) is 25.2 Å². The molecule has 4 aromatic rings. The van der Waals surface area contributed by atoms with Gasteiger partial charge in [0.15, 0.2) is 16.6 Å². The quantitative estimate of drug-likeness (QED) is 0.0814. The standard InChI is InChI=1S/C32H31ClN2O6S/c1-4-6-7-16-41-24-15-10-20(17-25(24)40-5-2)28-27(29(36)19-8-11-21(33)12-9-19)30(37)31(38)35(28)32-34-23-14-13-22(39-3)18-26(23)42-32/h8-15,17-18,28,36H,4-7,16H2,1-3H3. The number of nitrogens with zero attached hydrogens (tertiary/aromatic N) is 2. The highest BCUT2D eigenvalue weighted by Crippen LogP contribution is 2.46. The number of amides is 1. The molecule has 0 radical (unpaired) electrons. The van der Waals surface area contributed by atoms with Crippen LogP contribution in [0, 0.1) is 0 Å². The molecule has 0 spiro atoms. The van der Waals surface area contributed by atoms with Crippen LogP contribution in [0.15, 0.2) is 66.2 Å². The molecule has 1 aliphatic heterocycles. The largest absolute Gasteiger partial charge is 0.507 e. The van der Waals surface area contributed by atoms with E-state index in [2.05, 4.69) is 11.9 Å². The Labute approximate surface area is 253 Å². The highest BCUT2D eigenvalue weighted by atomic mass is 35.5. The lowest BCUT2D eigenvalue weighted by molar-refractivity contribution is -0.132. The van der Waals surface area contributed by atoms with E-state index in [1.54, 1.807) is 61.7 Å². The second-order valence-electron chi connectivity index (χ2n) is 9.70. The number of carbonyl (C=O) groups excluding carboxylic acids is 2. The third-order valence-electron chi connectivity index (χ3n) is 6.94. The number of ketones is 1. The van der Waals surface area contributed by atoms with Crippen molar-refractivity contribution in [2.24, 2.45) is 0 Å². The summed E-state index contributed by atoms with van der Waals surface area (Å²) >= 11 is 7.32. The monoisotopic (exact) mass is 606 g/mol. The summed E-state index contributed by atoms with van der Waals surface area (Å²) in [6.07, 6.45) is 3.04. The first-order valence-electron chi connectivity index (χ1n) is 13.8. The first kappa shape index (κ1) is 29.4. The van der Waals surface area contributed by atoms with Crippen LogP contribution in [0.3, 0.4) is 0 Å². The molecule has 0 aliphatic carbocycles. The van der Waals surface area contributed by atoms with Crippen molar-refractivity contribution >= 4 is 55.7 Å². The third kappa shape index (κ3) is 5.80. The molecule has 1 N–H and O–H groups in total. The molecule has 2 heterocycles. The van der Waals surface area contributed by atoms with E-state index in [1.165, 1.54) is 16.2 Å². The Morgan fingerprint density at radius 3 is 2.50 bits per heavy atom. The van der Waals surface area contributed by atoms with Crippen molar-refractivity contribution in [3.8, 4) is 17.2 Å². The summed E-state index contributed by atoms with van der Waals surface area (Å²) in [7, 11) is 1.57. The Bertz CT molecular complexity index is 1650. The second-order valence-corrected chi connectivity index (χ2v) is 11.1. The average molecular weight is 607 g/mol. The zero-order valence-corrected chi connectivity index (χ0v) is 25.1. The Morgan fingerprint density at radius 2 is 1.79 bits per heavy atom. The van der Waals surface area contributed by atoms with E-state index >= 15 is 0 Å². The molecule has 1 aliphatic rings. The molecule has 0 bridgehead atoms. The van der Waals surface area contributed by atoms with Crippen LogP contribution in [-0.2, 0) is 9.59 Å². The smallest absolute Gasteiger partial charge is 0.301 e. The number of hydrogen-bond acceptors (Lipinski definition) is 8. The molecule has 1 aromatic heterocycles. The number of hydrogen-bond donors (Lipinski definition) is 1. The Balaban J connectivity index is 1.66. The fraction of sp³-hybridized carbons (Fsp3) is 0.281. The van der Waals surface area contributed by atoms with Crippen LogP contribution in [0.4, 0.5) is 5.13 Å². The van der Waals surface area contributed by atoms with Gasteiger partial charge < -0.3 is 19.3 Å². The summed E-state index contributed by atoms with van der Waals surface area (Å²) < 4.78 is 18.1. The number of thiazole rings is 1. The lowest BCUT2D eigenvalue weighted by Gasteiger charge is -2.24. The number of rotatable bonds is 11. The topological polar surface area (TPSA) is 98.2 Å². The van der Waals surface area contributed by atoms with Gasteiger partial charge in [-0.1, -0.05) is 48.8 Å². The normalized spacial score (nSPS) is 16.3. The number of fused-ring (bicyclic) bond motifs is 1. The number of ether oxygens (including phenoxy) is 3. The number of carbonyl (C=O) groups is 2. The number of methoxy groups -OCH3 is 1. The maximum atomic E-state index is 13.7. The van der Waals surface area contributed by atoms with Crippen molar-refractivity contribution in [1.29, 1.82) is 0 Å². The molecule has 8 nitrogen and oxygen atoms in total. The highest BCUT2D eigenvalue weighted by molar-refractivity contribution is 7.22. The number of benzene rings is 3. The Morgan fingerprint density at radius 1 is 1.00 bits per heavy atom. The lowest BCUT2D eigenvalue weighted by Crippen LogP contribution is -2.29. The number of halogens is 1. The van der Waals surface area contributed by atoms with E-state index in [4.69, 9.17) is 25.8 Å². The molecule has 3 aromatic carbocycles. The fourth-order valence-electron chi connectivity index (χ4n) is 4.85. The molecule has 5 rings (SSSR count). The van der Waals surface area contributed by atoms with Gasteiger partial charge in [-0.25, -0.2) is 4.98 Å². The number of unbranched alkanes of at least 4 members (excludes halogenated alkanes) is 2. The van der Waals surface area contributed by atoms with Crippen LogP contribution in [0.5, 0.6) is 17.2 Å². The molecular formula is C32H31ClN2O6S. The van der Waals surface area contributed by atoms with Crippen LogP contribution in [0.2, 0.25) is 5.02 Å². The molecule has 0 saturated carbocycles. The predicted molar refractivity (Wildman–Crippen MR) is 165 cm³/mol. The van der Waals surface area contributed by atoms with E-state index in [1.807, 2.05) is 13.0 Å². The van der Waals surface area contributed by atoms with Gasteiger partial charge in [0.25, 0.3) is 5.78 Å². The molecule has 218 valence electrons. The van der Waals surface area contributed by atoms with Crippen LogP contribution in [-0.4, -0.2) is 42.1 Å². The number of aliphatic hydroxyl groups is 1. The Kier molecular flexibility index (Phi) is 8.99.